The van der Waals surface area contributed by atoms with Crippen LogP contribution in [-0.2, 0) is 4.84 Å². The summed E-state index contributed by atoms with van der Waals surface area (Å²) >= 11 is 0. The summed E-state index contributed by atoms with van der Waals surface area (Å²) in [4.78, 5) is 10.3. The first-order chi connectivity index (χ1) is 14.1. The highest BCUT2D eigenvalue weighted by Crippen LogP contribution is 2.36. The van der Waals surface area contributed by atoms with Gasteiger partial charge in [0, 0.05) is 50.4 Å². The normalized spacial score (nSPS) is 17.5. The molecule has 0 spiro atoms. The predicted molar refractivity (Wildman–Crippen MR) is 117 cm³/mol. The fourth-order valence-electron chi connectivity index (χ4n) is 4.14. The van der Waals surface area contributed by atoms with Gasteiger partial charge in [-0.25, -0.2) is 0 Å². The number of hydrogen-bond donors (Lipinski definition) is 1. The van der Waals surface area contributed by atoms with Crippen LogP contribution in [0, 0.1) is 0 Å². The lowest BCUT2D eigenvalue weighted by Crippen LogP contribution is -2.49. The molecule has 1 aliphatic carbocycles. The lowest BCUT2D eigenvalue weighted by Gasteiger charge is -2.35. The van der Waals surface area contributed by atoms with Crippen molar-refractivity contribution in [2.24, 2.45) is 5.16 Å². The van der Waals surface area contributed by atoms with Crippen LogP contribution in [0.3, 0.4) is 0 Å². The summed E-state index contributed by atoms with van der Waals surface area (Å²) in [6, 6.07) is 16.5. The summed E-state index contributed by atoms with van der Waals surface area (Å²) < 4.78 is 0. The van der Waals surface area contributed by atoms with Gasteiger partial charge in [-0.1, -0.05) is 65.8 Å². The molecule has 0 saturated carbocycles. The minimum absolute atomic E-state index is 0.194. The van der Waals surface area contributed by atoms with E-state index in [1.54, 1.807) is 0 Å². The highest BCUT2D eigenvalue weighted by atomic mass is 16.6. The van der Waals surface area contributed by atoms with Gasteiger partial charge in [0.1, 0.15) is 18.4 Å². The fraction of sp³-hybridized carbons (Fsp3) is 0.375. The number of piperazine rings is 1. The van der Waals surface area contributed by atoms with Gasteiger partial charge in [-0.2, -0.15) is 0 Å². The van der Waals surface area contributed by atoms with E-state index in [4.69, 9.17) is 4.84 Å². The van der Waals surface area contributed by atoms with Crippen LogP contribution in [0.1, 0.15) is 18.1 Å². The third-order valence-electron chi connectivity index (χ3n) is 5.50. The molecule has 5 nitrogen and oxygen atoms in total. The molecule has 2 aromatic rings. The zero-order valence-electron chi connectivity index (χ0n) is 17.1. The molecule has 2 aromatic carbocycles. The molecule has 1 saturated heterocycles. The maximum Gasteiger partial charge on any atom is 0.144 e. The standard InChI is InChI=1S/C24H29N3O2/c1-18(2)15-26-11-13-27(14-12-26)16-19(28)17-29-25-24-22-9-5-3-7-20(22)21-8-4-6-10-23(21)24/h3-10,19,28H,1,11-17H2,2H3. The molecule has 29 heavy (non-hydrogen) atoms. The van der Waals surface area contributed by atoms with Gasteiger partial charge >= 0.3 is 0 Å². The van der Waals surface area contributed by atoms with Gasteiger partial charge in [-0.3, -0.25) is 9.80 Å². The summed E-state index contributed by atoms with van der Waals surface area (Å²) in [5, 5.41) is 14.8. The van der Waals surface area contributed by atoms with Crippen molar-refractivity contribution in [3.63, 3.8) is 0 Å². The highest BCUT2D eigenvalue weighted by Gasteiger charge is 2.25. The number of aliphatic hydroxyl groups excluding tert-OH is 1. The van der Waals surface area contributed by atoms with Crippen molar-refractivity contribution in [1.29, 1.82) is 0 Å². The first-order valence-corrected chi connectivity index (χ1v) is 10.3. The number of hydrogen-bond acceptors (Lipinski definition) is 5. The van der Waals surface area contributed by atoms with E-state index >= 15 is 0 Å². The van der Waals surface area contributed by atoms with Gasteiger partial charge in [-0.15, -0.1) is 0 Å². The topological polar surface area (TPSA) is 48.3 Å². The van der Waals surface area contributed by atoms with Crippen molar-refractivity contribution in [3.8, 4) is 11.1 Å². The maximum atomic E-state index is 10.4. The lowest BCUT2D eigenvalue weighted by atomic mass is 10.1. The van der Waals surface area contributed by atoms with E-state index in [1.165, 1.54) is 16.7 Å². The maximum absolute atomic E-state index is 10.4. The Balaban J connectivity index is 1.32. The van der Waals surface area contributed by atoms with Crippen LogP contribution in [-0.4, -0.2) is 72.6 Å². The second-order valence-corrected chi connectivity index (χ2v) is 8.01. The monoisotopic (exact) mass is 391 g/mol. The molecular weight excluding hydrogens is 362 g/mol. The predicted octanol–water partition coefficient (Wildman–Crippen LogP) is 2.99. The summed E-state index contributed by atoms with van der Waals surface area (Å²) in [5.41, 5.74) is 6.56. The van der Waals surface area contributed by atoms with E-state index < -0.39 is 6.10 Å². The molecule has 1 atom stereocenters. The average molecular weight is 392 g/mol. The Hall–Kier alpha value is -2.47. The summed E-state index contributed by atoms with van der Waals surface area (Å²) in [6.07, 6.45) is -0.557. The number of rotatable bonds is 7. The first kappa shape index (κ1) is 19.8. The highest BCUT2D eigenvalue weighted by molar-refractivity contribution is 6.24. The minimum atomic E-state index is -0.557. The molecule has 1 unspecified atom stereocenters. The molecule has 1 aliphatic heterocycles. The summed E-state index contributed by atoms with van der Waals surface area (Å²) in [5.74, 6) is 0. The zero-order chi connectivity index (χ0) is 20.2. The number of oxime groups is 1. The Morgan fingerprint density at radius 1 is 0.966 bits per heavy atom. The quantitative estimate of drug-likeness (QED) is 0.497. The minimum Gasteiger partial charge on any atom is -0.392 e. The van der Waals surface area contributed by atoms with Crippen LogP contribution in [0.4, 0.5) is 0 Å². The molecule has 0 bridgehead atoms. The Kier molecular flexibility index (Phi) is 6.09. The van der Waals surface area contributed by atoms with Gasteiger partial charge in [0.15, 0.2) is 0 Å². The molecular formula is C24H29N3O2. The number of β-amino-alcohol motifs (C(OH)–C–C–N with tert-alkyl or cyclic N) is 1. The smallest absolute Gasteiger partial charge is 0.144 e. The molecule has 4 rings (SSSR count). The molecule has 0 radical (unpaired) electrons. The van der Waals surface area contributed by atoms with Crippen LogP contribution in [0.15, 0.2) is 65.8 Å². The van der Waals surface area contributed by atoms with E-state index in [1.807, 2.05) is 24.3 Å². The average Bonchev–Trinajstić information content (AvgIpc) is 3.03. The van der Waals surface area contributed by atoms with Crippen molar-refractivity contribution >= 4 is 5.71 Å². The molecule has 2 aliphatic rings. The molecule has 5 heteroatoms. The Labute approximate surface area is 172 Å². The Morgan fingerprint density at radius 3 is 2.03 bits per heavy atom. The molecule has 0 amide bonds. The van der Waals surface area contributed by atoms with E-state index in [0.29, 0.717) is 6.54 Å². The van der Waals surface area contributed by atoms with Crippen LogP contribution >= 0.6 is 0 Å². The van der Waals surface area contributed by atoms with Gasteiger partial charge in [0.25, 0.3) is 0 Å². The lowest BCUT2D eigenvalue weighted by molar-refractivity contribution is 0.00982. The number of nitrogens with zero attached hydrogens (tertiary/aromatic N) is 3. The van der Waals surface area contributed by atoms with Gasteiger partial charge in [0.05, 0.1) is 0 Å². The van der Waals surface area contributed by atoms with Gasteiger partial charge in [0.2, 0.25) is 0 Å². The van der Waals surface area contributed by atoms with Gasteiger partial charge in [-0.05, 0) is 18.1 Å². The SMILES string of the molecule is C=C(C)CN1CCN(CC(O)CON=C2c3ccccc3-c3ccccc32)CC1. The fourth-order valence-corrected chi connectivity index (χ4v) is 4.14. The number of fused-ring (bicyclic) bond motifs is 3. The molecule has 152 valence electrons. The Morgan fingerprint density at radius 2 is 1.48 bits per heavy atom. The van der Waals surface area contributed by atoms with Crippen LogP contribution in [0.5, 0.6) is 0 Å². The van der Waals surface area contributed by atoms with E-state index in [-0.39, 0.29) is 6.61 Å². The molecule has 1 fully saturated rings. The molecule has 1 heterocycles. The first-order valence-electron chi connectivity index (χ1n) is 10.3. The number of benzene rings is 2. The number of aliphatic hydroxyl groups is 1. The van der Waals surface area contributed by atoms with E-state index in [2.05, 4.69) is 52.7 Å². The molecule has 0 aromatic heterocycles. The zero-order valence-corrected chi connectivity index (χ0v) is 17.1. The van der Waals surface area contributed by atoms with Crippen molar-refractivity contribution in [3.05, 3.63) is 71.8 Å². The van der Waals surface area contributed by atoms with Crippen LogP contribution < -0.4 is 0 Å². The summed E-state index contributed by atoms with van der Waals surface area (Å²) in [7, 11) is 0. The van der Waals surface area contributed by atoms with Crippen molar-refractivity contribution in [1.82, 2.24) is 9.80 Å². The van der Waals surface area contributed by atoms with Crippen molar-refractivity contribution in [2.75, 3.05) is 45.9 Å². The molecule has 1 N–H and O–H groups in total. The van der Waals surface area contributed by atoms with Crippen molar-refractivity contribution < 1.29 is 9.94 Å². The van der Waals surface area contributed by atoms with Gasteiger partial charge < -0.3 is 9.94 Å². The largest absolute Gasteiger partial charge is 0.392 e. The third-order valence-corrected chi connectivity index (χ3v) is 5.50. The van der Waals surface area contributed by atoms with Crippen LogP contribution in [0.2, 0.25) is 0 Å². The second-order valence-electron chi connectivity index (χ2n) is 8.01. The van der Waals surface area contributed by atoms with E-state index in [9.17, 15) is 5.11 Å². The third kappa shape index (κ3) is 4.58. The second kappa shape index (κ2) is 8.91. The van der Waals surface area contributed by atoms with Crippen molar-refractivity contribution in [2.45, 2.75) is 13.0 Å². The Bertz CT molecular complexity index is 853. The van der Waals surface area contributed by atoms with E-state index in [0.717, 1.165) is 49.6 Å². The van der Waals surface area contributed by atoms with Crippen LogP contribution in [0.25, 0.3) is 11.1 Å². The summed E-state index contributed by atoms with van der Waals surface area (Å²) in [6.45, 7) is 11.8.